The van der Waals surface area contributed by atoms with Crippen LogP contribution in [0.15, 0.2) is 0 Å². The lowest BCUT2D eigenvalue weighted by Crippen LogP contribution is -2.53. The zero-order valence-corrected chi connectivity index (χ0v) is 15.1. The maximum absolute atomic E-state index is 12.2. The number of hydrogen-bond acceptors (Lipinski definition) is 7. The number of anilines is 2. The zero-order valence-electron chi connectivity index (χ0n) is 14.3. The van der Waals surface area contributed by atoms with Crippen molar-refractivity contribution in [2.45, 2.75) is 51.9 Å². The molecule has 9 heteroatoms. The number of amides is 1. The standard InChI is InChI=1S/C15H24ClN5O3/c1-8-11(17)13(20-19-12(8)16)18-9-7-21(6-5-10(9)22)14(23)24-15(2,3)4/h9-10,22H,5-7H2,1-4H3,(H2,17,19)(H,18,20)/t9-,10+/m0/s1. The number of ether oxygens (including phenoxy) is 1. The van der Waals surface area contributed by atoms with E-state index in [1.54, 1.807) is 11.8 Å². The van der Waals surface area contributed by atoms with Crippen LogP contribution >= 0.6 is 11.6 Å². The number of nitrogens with one attached hydrogen (secondary N) is 1. The number of likely N-dealkylation sites (tertiary alicyclic amines) is 1. The lowest BCUT2D eigenvalue weighted by molar-refractivity contribution is 0.00692. The number of hydrogen-bond donors (Lipinski definition) is 3. The van der Waals surface area contributed by atoms with Gasteiger partial charge in [-0.1, -0.05) is 11.6 Å². The van der Waals surface area contributed by atoms with Gasteiger partial charge in [0, 0.05) is 18.7 Å². The van der Waals surface area contributed by atoms with Crippen LogP contribution in [0.25, 0.3) is 0 Å². The number of aliphatic hydroxyl groups is 1. The molecule has 1 aromatic rings. The number of rotatable bonds is 2. The number of aromatic nitrogens is 2. The molecular weight excluding hydrogens is 334 g/mol. The van der Waals surface area contributed by atoms with Crippen LogP contribution in [0.4, 0.5) is 16.3 Å². The molecule has 0 saturated carbocycles. The van der Waals surface area contributed by atoms with E-state index in [1.165, 1.54) is 0 Å². The molecule has 1 aliphatic heterocycles. The summed E-state index contributed by atoms with van der Waals surface area (Å²) < 4.78 is 5.38. The number of nitrogens with zero attached hydrogens (tertiary/aromatic N) is 3. The monoisotopic (exact) mass is 357 g/mol. The first-order valence-electron chi connectivity index (χ1n) is 7.79. The summed E-state index contributed by atoms with van der Waals surface area (Å²) in [6.07, 6.45) is -0.620. The van der Waals surface area contributed by atoms with Crippen molar-refractivity contribution in [2.24, 2.45) is 0 Å². The molecule has 4 N–H and O–H groups in total. The van der Waals surface area contributed by atoms with E-state index < -0.39 is 23.8 Å². The minimum Gasteiger partial charge on any atom is -0.444 e. The summed E-state index contributed by atoms with van der Waals surface area (Å²) in [4.78, 5) is 13.8. The first kappa shape index (κ1) is 18.5. The average Bonchev–Trinajstić information content (AvgIpc) is 2.48. The Morgan fingerprint density at radius 2 is 2.12 bits per heavy atom. The molecule has 0 spiro atoms. The van der Waals surface area contributed by atoms with E-state index in [1.807, 2.05) is 20.8 Å². The van der Waals surface area contributed by atoms with Gasteiger partial charge >= 0.3 is 6.09 Å². The van der Waals surface area contributed by atoms with E-state index in [4.69, 9.17) is 22.1 Å². The number of carbonyl (C=O) groups is 1. The third-order valence-electron chi connectivity index (χ3n) is 3.76. The summed E-state index contributed by atoms with van der Waals surface area (Å²) in [5.74, 6) is 0.340. The van der Waals surface area contributed by atoms with Crippen LogP contribution in [0.1, 0.15) is 32.8 Å². The van der Waals surface area contributed by atoms with E-state index in [-0.39, 0.29) is 11.7 Å². The minimum atomic E-state index is -0.638. The topological polar surface area (TPSA) is 114 Å². The second kappa shape index (κ2) is 6.98. The number of nitrogen functional groups attached to an aromatic ring is 1. The fourth-order valence-electron chi connectivity index (χ4n) is 2.37. The van der Waals surface area contributed by atoms with Crippen LogP contribution < -0.4 is 11.1 Å². The summed E-state index contributed by atoms with van der Waals surface area (Å²) in [5.41, 5.74) is 6.40. The molecule has 1 aliphatic rings. The fourth-order valence-corrected chi connectivity index (χ4v) is 2.51. The summed E-state index contributed by atoms with van der Waals surface area (Å²) in [7, 11) is 0. The molecule has 2 rings (SSSR count). The molecule has 0 aromatic carbocycles. The minimum absolute atomic E-state index is 0.234. The Hall–Kier alpha value is -1.80. The van der Waals surface area contributed by atoms with Gasteiger partial charge in [0.05, 0.1) is 17.8 Å². The third-order valence-corrected chi connectivity index (χ3v) is 4.12. The Morgan fingerprint density at radius 1 is 1.46 bits per heavy atom. The van der Waals surface area contributed by atoms with Gasteiger partial charge in [-0.25, -0.2) is 4.79 Å². The number of halogens is 1. The van der Waals surface area contributed by atoms with Gasteiger partial charge in [-0.15, -0.1) is 10.2 Å². The predicted octanol–water partition coefficient (Wildman–Crippen LogP) is 1.80. The third kappa shape index (κ3) is 4.39. The maximum Gasteiger partial charge on any atom is 0.410 e. The van der Waals surface area contributed by atoms with Crippen molar-refractivity contribution in [2.75, 3.05) is 24.1 Å². The highest BCUT2D eigenvalue weighted by atomic mass is 35.5. The normalized spacial score (nSPS) is 21.5. The second-order valence-corrected chi connectivity index (χ2v) is 7.27. The van der Waals surface area contributed by atoms with E-state index >= 15 is 0 Å². The number of piperidine rings is 1. The van der Waals surface area contributed by atoms with Crippen molar-refractivity contribution in [3.63, 3.8) is 0 Å². The highest BCUT2D eigenvalue weighted by Gasteiger charge is 2.33. The van der Waals surface area contributed by atoms with Crippen molar-refractivity contribution in [1.29, 1.82) is 0 Å². The molecular formula is C15H24ClN5O3. The van der Waals surface area contributed by atoms with Gasteiger partial charge in [0.2, 0.25) is 0 Å². The van der Waals surface area contributed by atoms with E-state index in [2.05, 4.69) is 15.5 Å². The summed E-state index contributed by atoms with van der Waals surface area (Å²) in [5, 5.41) is 21.3. The Balaban J connectivity index is 2.09. The number of aliphatic hydroxyl groups excluding tert-OH is 1. The summed E-state index contributed by atoms with van der Waals surface area (Å²) in [6.45, 7) is 7.88. The van der Waals surface area contributed by atoms with Gasteiger partial charge in [-0.3, -0.25) is 0 Å². The molecule has 1 amide bonds. The Kier molecular flexibility index (Phi) is 5.39. The van der Waals surface area contributed by atoms with Gasteiger partial charge in [-0.2, -0.15) is 0 Å². The van der Waals surface area contributed by atoms with Crippen LogP contribution in [0, 0.1) is 6.92 Å². The first-order valence-corrected chi connectivity index (χ1v) is 8.17. The molecule has 0 unspecified atom stereocenters. The Morgan fingerprint density at radius 3 is 2.75 bits per heavy atom. The van der Waals surface area contributed by atoms with Crippen LogP contribution in [0.3, 0.4) is 0 Å². The number of carbonyl (C=O) groups excluding carboxylic acids is 1. The molecule has 1 saturated heterocycles. The van der Waals surface area contributed by atoms with Crippen LogP contribution in [0.5, 0.6) is 0 Å². The molecule has 24 heavy (non-hydrogen) atoms. The predicted molar refractivity (Wildman–Crippen MR) is 92.0 cm³/mol. The second-order valence-electron chi connectivity index (χ2n) is 6.91. The highest BCUT2D eigenvalue weighted by molar-refractivity contribution is 6.30. The molecule has 0 bridgehead atoms. The van der Waals surface area contributed by atoms with Crippen molar-refractivity contribution in [3.8, 4) is 0 Å². The van der Waals surface area contributed by atoms with Crippen molar-refractivity contribution in [1.82, 2.24) is 15.1 Å². The van der Waals surface area contributed by atoms with E-state index in [9.17, 15) is 9.90 Å². The van der Waals surface area contributed by atoms with Gasteiger partial charge in [0.1, 0.15) is 5.60 Å². The van der Waals surface area contributed by atoms with E-state index in [0.717, 1.165) is 0 Å². The summed E-state index contributed by atoms with van der Waals surface area (Å²) >= 11 is 5.88. The van der Waals surface area contributed by atoms with Crippen LogP contribution in [0.2, 0.25) is 5.15 Å². The van der Waals surface area contributed by atoms with Gasteiger partial charge in [0.25, 0.3) is 0 Å². The smallest absolute Gasteiger partial charge is 0.410 e. The molecule has 0 aliphatic carbocycles. The van der Waals surface area contributed by atoms with Gasteiger partial charge < -0.3 is 25.8 Å². The Labute approximate surface area is 146 Å². The molecule has 134 valence electrons. The van der Waals surface area contributed by atoms with Crippen LogP contribution in [-0.4, -0.2) is 57.1 Å². The SMILES string of the molecule is Cc1c(Cl)nnc(N[C@H]2CN(C(=O)OC(C)(C)C)CC[C@H]2O)c1N. The van der Waals surface area contributed by atoms with Crippen molar-refractivity contribution in [3.05, 3.63) is 10.7 Å². The highest BCUT2D eigenvalue weighted by Crippen LogP contribution is 2.26. The largest absolute Gasteiger partial charge is 0.444 e. The molecule has 8 nitrogen and oxygen atoms in total. The molecule has 0 radical (unpaired) electrons. The van der Waals surface area contributed by atoms with Crippen molar-refractivity contribution < 1.29 is 14.6 Å². The lowest BCUT2D eigenvalue weighted by Gasteiger charge is -2.37. The summed E-state index contributed by atoms with van der Waals surface area (Å²) in [6, 6.07) is -0.427. The van der Waals surface area contributed by atoms with Crippen molar-refractivity contribution >= 4 is 29.2 Å². The van der Waals surface area contributed by atoms with E-state index in [0.29, 0.717) is 30.0 Å². The lowest BCUT2D eigenvalue weighted by atomic mass is 10.0. The average molecular weight is 358 g/mol. The Bertz CT molecular complexity index is 620. The molecule has 1 fully saturated rings. The van der Waals surface area contributed by atoms with Gasteiger partial charge in [-0.05, 0) is 34.1 Å². The fraction of sp³-hybridized carbons (Fsp3) is 0.667. The quantitative estimate of drug-likeness (QED) is 0.739. The molecule has 1 aromatic heterocycles. The van der Waals surface area contributed by atoms with Crippen LogP contribution in [-0.2, 0) is 4.74 Å². The molecule has 2 atom stereocenters. The maximum atomic E-state index is 12.2. The molecule has 2 heterocycles. The zero-order chi connectivity index (χ0) is 18.1. The first-order chi connectivity index (χ1) is 11.1. The van der Waals surface area contributed by atoms with Gasteiger partial charge in [0.15, 0.2) is 11.0 Å². The number of nitrogens with two attached hydrogens (primary N) is 1.